The smallest absolute Gasteiger partial charge is 0.261 e. The molecular formula is C23H16N4O3S. The van der Waals surface area contributed by atoms with Crippen molar-refractivity contribution >= 4 is 26.7 Å². The molecule has 3 aromatic heterocycles. The van der Waals surface area contributed by atoms with Gasteiger partial charge < -0.3 is 4.42 Å². The summed E-state index contributed by atoms with van der Waals surface area (Å²) < 4.78 is 33.2. The van der Waals surface area contributed by atoms with E-state index in [-0.39, 0.29) is 4.90 Å². The molecule has 0 unspecified atom stereocenters. The van der Waals surface area contributed by atoms with Crippen molar-refractivity contribution in [3.63, 3.8) is 0 Å². The molecule has 1 N–H and O–H groups in total. The highest BCUT2D eigenvalue weighted by atomic mass is 32.2. The van der Waals surface area contributed by atoms with Crippen LogP contribution in [0, 0.1) is 0 Å². The minimum Gasteiger partial charge on any atom is -0.463 e. The number of hydrogen-bond donors (Lipinski definition) is 1. The quantitative estimate of drug-likeness (QED) is 0.434. The topological polar surface area (TPSA) is 98.0 Å². The Labute approximate surface area is 178 Å². The van der Waals surface area contributed by atoms with E-state index in [0.29, 0.717) is 22.7 Å². The zero-order valence-electron chi connectivity index (χ0n) is 16.1. The summed E-state index contributed by atoms with van der Waals surface area (Å²) in [6.45, 7) is 0. The summed E-state index contributed by atoms with van der Waals surface area (Å²) in [5, 5.41) is 0. The lowest BCUT2D eigenvalue weighted by molar-refractivity contribution is 0.580. The molecule has 8 heteroatoms. The van der Waals surface area contributed by atoms with Gasteiger partial charge in [0.25, 0.3) is 10.0 Å². The maximum atomic E-state index is 12.6. The minimum absolute atomic E-state index is 0.187. The molecule has 0 aliphatic rings. The molecule has 7 nitrogen and oxygen atoms in total. The number of hydrogen-bond acceptors (Lipinski definition) is 6. The molecular weight excluding hydrogens is 412 g/mol. The van der Waals surface area contributed by atoms with E-state index in [1.807, 2.05) is 24.3 Å². The van der Waals surface area contributed by atoms with Gasteiger partial charge in [0.2, 0.25) is 0 Å². The molecule has 0 bridgehead atoms. The summed E-state index contributed by atoms with van der Waals surface area (Å²) in [5.74, 6) is 0.638. The summed E-state index contributed by atoms with van der Waals surface area (Å²) in [6.07, 6.45) is 6.40. The summed E-state index contributed by atoms with van der Waals surface area (Å²) >= 11 is 0. The van der Waals surface area contributed by atoms with Gasteiger partial charge >= 0.3 is 0 Å². The van der Waals surface area contributed by atoms with Crippen LogP contribution in [0.3, 0.4) is 0 Å². The molecule has 0 saturated heterocycles. The number of furan rings is 1. The first-order valence-electron chi connectivity index (χ1n) is 9.42. The highest BCUT2D eigenvalue weighted by molar-refractivity contribution is 7.92. The molecule has 0 amide bonds. The van der Waals surface area contributed by atoms with Gasteiger partial charge in [0.15, 0.2) is 5.76 Å². The number of benzene rings is 2. The predicted molar refractivity (Wildman–Crippen MR) is 118 cm³/mol. The van der Waals surface area contributed by atoms with E-state index in [0.717, 1.165) is 16.6 Å². The van der Waals surface area contributed by atoms with Crippen LogP contribution in [0.4, 0.5) is 5.69 Å². The predicted octanol–water partition coefficient (Wildman–Crippen LogP) is 4.75. The number of nitrogens with zero attached hydrogens (tertiary/aromatic N) is 3. The lowest BCUT2D eigenvalue weighted by Gasteiger charge is -2.10. The number of aromatic nitrogens is 3. The third kappa shape index (κ3) is 3.88. The van der Waals surface area contributed by atoms with Gasteiger partial charge in [-0.25, -0.2) is 13.4 Å². The van der Waals surface area contributed by atoms with Crippen molar-refractivity contribution in [1.82, 2.24) is 15.0 Å². The Morgan fingerprint density at radius 1 is 0.806 bits per heavy atom. The molecule has 2 aromatic carbocycles. The van der Waals surface area contributed by atoms with Gasteiger partial charge in [0.05, 0.1) is 40.3 Å². The average Bonchev–Trinajstić information content (AvgIpc) is 3.34. The maximum Gasteiger partial charge on any atom is 0.261 e. The first-order chi connectivity index (χ1) is 15.1. The third-order valence-electron chi connectivity index (χ3n) is 4.69. The Morgan fingerprint density at radius 2 is 1.68 bits per heavy atom. The van der Waals surface area contributed by atoms with Gasteiger partial charge in [0, 0.05) is 11.8 Å². The van der Waals surface area contributed by atoms with E-state index in [2.05, 4.69) is 19.7 Å². The highest BCUT2D eigenvalue weighted by Gasteiger charge is 2.14. The van der Waals surface area contributed by atoms with Crippen molar-refractivity contribution < 1.29 is 12.8 Å². The van der Waals surface area contributed by atoms with Crippen molar-refractivity contribution in [2.75, 3.05) is 4.72 Å². The molecule has 0 saturated carbocycles. The maximum absolute atomic E-state index is 12.6. The first-order valence-corrected chi connectivity index (χ1v) is 10.9. The van der Waals surface area contributed by atoms with Gasteiger partial charge in [-0.2, -0.15) is 0 Å². The summed E-state index contributed by atoms with van der Waals surface area (Å²) in [6, 6.07) is 19.2. The number of sulfonamides is 1. The Kier molecular flexibility index (Phi) is 4.68. The second-order valence-corrected chi connectivity index (χ2v) is 8.50. The molecule has 5 rings (SSSR count). The van der Waals surface area contributed by atoms with Crippen LogP contribution in [-0.4, -0.2) is 23.4 Å². The Bertz CT molecular complexity index is 1470. The van der Waals surface area contributed by atoms with Crippen LogP contribution < -0.4 is 4.72 Å². The number of nitrogens with one attached hydrogen (secondary N) is 1. The van der Waals surface area contributed by atoms with E-state index in [1.54, 1.807) is 49.0 Å². The third-order valence-corrected chi connectivity index (χ3v) is 6.09. The fraction of sp³-hybridized carbons (Fsp3) is 0. The number of rotatable bonds is 5. The van der Waals surface area contributed by atoms with Gasteiger partial charge in [0.1, 0.15) is 5.69 Å². The largest absolute Gasteiger partial charge is 0.463 e. The molecule has 3 heterocycles. The van der Waals surface area contributed by atoms with E-state index >= 15 is 0 Å². The molecule has 0 atom stereocenters. The number of pyridine rings is 1. The second-order valence-electron chi connectivity index (χ2n) is 6.82. The standard InChI is InChI=1S/C23H16N4O3S/c28-31(29,19-5-2-1-3-6-19)27-18-11-17(13-24-14-18)16-8-9-20-21(12-16)26-22(15-25-20)23-7-4-10-30-23/h1-15,27H. The monoisotopic (exact) mass is 428 g/mol. The SMILES string of the molecule is O=S(=O)(Nc1cncc(-c2ccc3ncc(-c4ccco4)nc3c2)c1)c1ccccc1. The van der Waals surface area contributed by atoms with Crippen LogP contribution in [-0.2, 0) is 10.0 Å². The van der Waals surface area contributed by atoms with Gasteiger partial charge in [-0.15, -0.1) is 0 Å². The van der Waals surface area contributed by atoms with E-state index in [4.69, 9.17) is 4.42 Å². The fourth-order valence-corrected chi connectivity index (χ4v) is 4.26. The lowest BCUT2D eigenvalue weighted by atomic mass is 10.1. The van der Waals surface area contributed by atoms with Crippen molar-refractivity contribution in [3.8, 4) is 22.6 Å². The normalized spacial score (nSPS) is 11.5. The molecule has 0 fully saturated rings. The summed E-state index contributed by atoms with van der Waals surface area (Å²) in [7, 11) is -3.70. The number of fused-ring (bicyclic) bond motifs is 1. The van der Waals surface area contributed by atoms with Gasteiger partial charge in [-0.1, -0.05) is 24.3 Å². The molecule has 0 aliphatic carbocycles. The molecule has 5 aromatic rings. The van der Waals surface area contributed by atoms with Crippen LogP contribution >= 0.6 is 0 Å². The Hall–Kier alpha value is -4.04. The van der Waals surface area contributed by atoms with Crippen molar-refractivity contribution in [1.29, 1.82) is 0 Å². The lowest BCUT2D eigenvalue weighted by Crippen LogP contribution is -2.12. The average molecular weight is 428 g/mol. The molecule has 152 valence electrons. The van der Waals surface area contributed by atoms with Crippen LogP contribution in [0.5, 0.6) is 0 Å². The van der Waals surface area contributed by atoms with E-state index < -0.39 is 10.0 Å². The Morgan fingerprint density at radius 3 is 2.48 bits per heavy atom. The summed E-state index contributed by atoms with van der Waals surface area (Å²) in [5.41, 5.74) is 4.04. The second kappa shape index (κ2) is 7.66. The zero-order chi connectivity index (χ0) is 21.3. The van der Waals surface area contributed by atoms with E-state index in [1.165, 1.54) is 18.3 Å². The molecule has 31 heavy (non-hydrogen) atoms. The summed E-state index contributed by atoms with van der Waals surface area (Å²) in [4.78, 5) is 13.5. The van der Waals surface area contributed by atoms with Crippen LogP contribution in [0.1, 0.15) is 0 Å². The molecule has 0 aliphatic heterocycles. The van der Waals surface area contributed by atoms with E-state index in [9.17, 15) is 8.42 Å². The van der Waals surface area contributed by atoms with Crippen molar-refractivity contribution in [2.45, 2.75) is 4.90 Å². The highest BCUT2D eigenvalue weighted by Crippen LogP contribution is 2.27. The van der Waals surface area contributed by atoms with Gasteiger partial charge in [-0.05, 0) is 48.0 Å². The van der Waals surface area contributed by atoms with Gasteiger partial charge in [-0.3, -0.25) is 14.7 Å². The van der Waals surface area contributed by atoms with Crippen LogP contribution in [0.25, 0.3) is 33.6 Å². The fourth-order valence-electron chi connectivity index (χ4n) is 3.20. The molecule has 0 spiro atoms. The van der Waals surface area contributed by atoms with Crippen LogP contribution in [0.15, 0.2) is 101 Å². The van der Waals surface area contributed by atoms with Crippen molar-refractivity contribution in [2.24, 2.45) is 0 Å². The Balaban J connectivity index is 1.49. The van der Waals surface area contributed by atoms with Crippen LogP contribution in [0.2, 0.25) is 0 Å². The number of anilines is 1. The first kappa shape index (κ1) is 19.0. The molecule has 0 radical (unpaired) electrons. The zero-order valence-corrected chi connectivity index (χ0v) is 17.0. The minimum atomic E-state index is -3.70. The van der Waals surface area contributed by atoms with Crippen molar-refractivity contribution in [3.05, 3.63) is 91.6 Å².